The molecular formula is C19H25BrN4O2S. The number of hydrogen-bond acceptors (Lipinski definition) is 6. The van der Waals surface area contributed by atoms with Gasteiger partial charge in [0, 0.05) is 17.5 Å². The average Bonchev–Trinajstić information content (AvgIpc) is 2.65. The Kier molecular flexibility index (Phi) is 7.45. The maximum absolute atomic E-state index is 9.64. The van der Waals surface area contributed by atoms with Gasteiger partial charge < -0.3 is 20.5 Å². The normalized spacial score (nSPS) is 22.1. The van der Waals surface area contributed by atoms with Gasteiger partial charge in [0.2, 0.25) is 0 Å². The second kappa shape index (κ2) is 9.38. The molecule has 0 aromatic heterocycles. The number of methoxy groups -OCH3 is 1. The molecule has 2 aliphatic rings. The quantitative estimate of drug-likeness (QED) is 0.360. The van der Waals surface area contributed by atoms with E-state index in [-0.39, 0.29) is 28.2 Å². The monoisotopic (exact) mass is 452 g/mol. The standard InChI is InChI=1S/C19H24N4O2S.BrH/c1-3-25-16-8-12-11-6-4-5-7-14(11)23-18(13(12)9-15(16)24-2)17(10-20)26-19(21)22;/h8-9,11,14,23H,3-7H2,1-2H3,(H3,21,22);1H/b18-17-;. The van der Waals surface area contributed by atoms with Crippen LogP contribution in [0.15, 0.2) is 17.0 Å². The Morgan fingerprint density at radius 3 is 2.74 bits per heavy atom. The lowest BCUT2D eigenvalue weighted by molar-refractivity contribution is 0.306. The highest BCUT2D eigenvalue weighted by Crippen LogP contribution is 2.46. The smallest absolute Gasteiger partial charge is 0.161 e. The van der Waals surface area contributed by atoms with Gasteiger partial charge in [0.15, 0.2) is 16.7 Å². The van der Waals surface area contributed by atoms with Crippen LogP contribution in [0.2, 0.25) is 0 Å². The first-order valence-electron chi connectivity index (χ1n) is 8.86. The minimum absolute atomic E-state index is 0. The number of halogens is 1. The highest BCUT2D eigenvalue weighted by atomic mass is 79.9. The van der Waals surface area contributed by atoms with E-state index in [2.05, 4.69) is 17.5 Å². The Bertz CT molecular complexity index is 791. The molecule has 27 heavy (non-hydrogen) atoms. The molecule has 0 saturated heterocycles. The second-order valence-electron chi connectivity index (χ2n) is 6.45. The van der Waals surface area contributed by atoms with E-state index < -0.39 is 0 Å². The average molecular weight is 453 g/mol. The lowest BCUT2D eigenvalue weighted by atomic mass is 9.75. The first kappa shape index (κ1) is 21.5. The van der Waals surface area contributed by atoms with Gasteiger partial charge in [-0.1, -0.05) is 12.8 Å². The van der Waals surface area contributed by atoms with Crippen molar-refractivity contribution >= 4 is 39.6 Å². The number of nitriles is 1. The lowest BCUT2D eigenvalue weighted by Gasteiger charge is -2.40. The van der Waals surface area contributed by atoms with Crippen LogP contribution in [-0.4, -0.2) is 24.9 Å². The van der Waals surface area contributed by atoms with Crippen molar-refractivity contribution in [3.63, 3.8) is 0 Å². The highest BCUT2D eigenvalue weighted by Gasteiger charge is 2.36. The molecule has 3 rings (SSSR count). The molecule has 0 spiro atoms. The van der Waals surface area contributed by atoms with Gasteiger partial charge in [-0.3, -0.25) is 5.41 Å². The summed E-state index contributed by atoms with van der Waals surface area (Å²) in [5.41, 5.74) is 8.41. The van der Waals surface area contributed by atoms with Crippen LogP contribution in [0.3, 0.4) is 0 Å². The molecule has 1 aliphatic carbocycles. The molecule has 1 fully saturated rings. The molecule has 0 bridgehead atoms. The van der Waals surface area contributed by atoms with Crippen LogP contribution < -0.4 is 20.5 Å². The molecule has 1 aliphatic heterocycles. The molecule has 146 valence electrons. The van der Waals surface area contributed by atoms with Gasteiger partial charge in [-0.2, -0.15) is 5.26 Å². The fourth-order valence-corrected chi connectivity index (χ4v) is 4.43. The van der Waals surface area contributed by atoms with Crippen LogP contribution in [0.25, 0.3) is 5.70 Å². The van der Waals surface area contributed by atoms with E-state index in [1.165, 1.54) is 18.4 Å². The third-order valence-corrected chi connectivity index (χ3v) is 5.66. The van der Waals surface area contributed by atoms with Crippen LogP contribution in [0.1, 0.15) is 49.7 Å². The Labute approximate surface area is 174 Å². The second-order valence-corrected chi connectivity index (χ2v) is 7.50. The number of nitrogens with zero attached hydrogens (tertiary/aromatic N) is 1. The molecule has 8 heteroatoms. The topological polar surface area (TPSA) is 104 Å². The van der Waals surface area contributed by atoms with E-state index in [1.54, 1.807) is 7.11 Å². The first-order valence-corrected chi connectivity index (χ1v) is 9.68. The number of thioether (sulfide) groups is 1. The maximum Gasteiger partial charge on any atom is 0.161 e. The third-order valence-electron chi connectivity index (χ3n) is 4.94. The number of benzene rings is 1. The van der Waals surface area contributed by atoms with Gasteiger partial charge in [0.05, 0.1) is 19.4 Å². The summed E-state index contributed by atoms with van der Waals surface area (Å²) in [5.74, 6) is 1.76. The third kappa shape index (κ3) is 4.36. The summed E-state index contributed by atoms with van der Waals surface area (Å²) in [7, 11) is 1.61. The Morgan fingerprint density at radius 1 is 1.37 bits per heavy atom. The molecule has 0 amide bonds. The van der Waals surface area contributed by atoms with Gasteiger partial charge in [-0.05, 0) is 49.2 Å². The largest absolute Gasteiger partial charge is 0.493 e. The van der Waals surface area contributed by atoms with Crippen LogP contribution in [-0.2, 0) is 0 Å². The van der Waals surface area contributed by atoms with Crippen LogP contribution >= 0.6 is 28.7 Å². The number of allylic oxidation sites excluding steroid dienone is 1. The van der Waals surface area contributed by atoms with Crippen LogP contribution in [0.4, 0.5) is 0 Å². The minimum atomic E-state index is -0.0962. The van der Waals surface area contributed by atoms with Crippen LogP contribution in [0.5, 0.6) is 11.5 Å². The van der Waals surface area contributed by atoms with E-state index >= 15 is 0 Å². The molecule has 4 N–H and O–H groups in total. The zero-order valence-electron chi connectivity index (χ0n) is 15.5. The van der Waals surface area contributed by atoms with Gasteiger partial charge in [0.25, 0.3) is 0 Å². The predicted octanol–water partition coefficient (Wildman–Crippen LogP) is 4.12. The van der Waals surface area contributed by atoms with Gasteiger partial charge in [0.1, 0.15) is 11.0 Å². The Balaban J connectivity index is 0.00000261. The molecule has 2 atom stereocenters. The van der Waals surface area contributed by atoms with E-state index in [0.717, 1.165) is 41.6 Å². The van der Waals surface area contributed by atoms with Crippen molar-refractivity contribution in [3.8, 4) is 17.6 Å². The fourth-order valence-electron chi connectivity index (χ4n) is 3.89. The minimum Gasteiger partial charge on any atom is -0.493 e. The number of rotatable bonds is 4. The van der Waals surface area contributed by atoms with Crippen molar-refractivity contribution < 1.29 is 9.47 Å². The molecule has 0 radical (unpaired) electrons. The number of nitrogens with one attached hydrogen (secondary N) is 2. The zero-order chi connectivity index (χ0) is 18.7. The van der Waals surface area contributed by atoms with Gasteiger partial charge in [-0.15, -0.1) is 17.0 Å². The maximum atomic E-state index is 9.64. The summed E-state index contributed by atoms with van der Waals surface area (Å²) in [5, 5.41) is 20.7. The molecule has 1 aromatic carbocycles. The van der Waals surface area contributed by atoms with Crippen molar-refractivity contribution in [2.75, 3.05) is 13.7 Å². The predicted molar refractivity (Wildman–Crippen MR) is 115 cm³/mol. The van der Waals surface area contributed by atoms with Crippen molar-refractivity contribution in [1.82, 2.24) is 5.32 Å². The Morgan fingerprint density at radius 2 is 2.11 bits per heavy atom. The number of ether oxygens (including phenoxy) is 2. The fraction of sp³-hybridized carbons (Fsp3) is 0.474. The number of hydrogen-bond donors (Lipinski definition) is 3. The first-order chi connectivity index (χ1) is 12.6. The molecule has 6 nitrogen and oxygen atoms in total. The van der Waals surface area contributed by atoms with Crippen molar-refractivity contribution in [3.05, 3.63) is 28.2 Å². The summed E-state index contributed by atoms with van der Waals surface area (Å²) in [6.45, 7) is 2.51. The zero-order valence-corrected chi connectivity index (χ0v) is 18.0. The van der Waals surface area contributed by atoms with Gasteiger partial charge in [-0.25, -0.2) is 0 Å². The summed E-state index contributed by atoms with van der Waals surface area (Å²) in [6, 6.07) is 6.49. The summed E-state index contributed by atoms with van der Waals surface area (Å²) in [6.07, 6.45) is 4.54. The number of fused-ring (bicyclic) bond motifs is 3. The molecule has 2 unspecified atom stereocenters. The van der Waals surface area contributed by atoms with Crippen molar-refractivity contribution in [2.24, 2.45) is 5.73 Å². The molecule has 1 heterocycles. The SMILES string of the molecule is Br.CCOc1cc2c(cc1OC)/C(=C(\C#N)SC(=N)N)NC1CCCCC21. The Hall–Kier alpha value is -1.85. The molecule has 1 saturated carbocycles. The van der Waals surface area contributed by atoms with E-state index in [4.69, 9.17) is 20.6 Å². The molecular weight excluding hydrogens is 428 g/mol. The van der Waals surface area contributed by atoms with E-state index in [9.17, 15) is 5.26 Å². The number of amidine groups is 1. The van der Waals surface area contributed by atoms with Crippen LogP contribution in [0, 0.1) is 16.7 Å². The lowest BCUT2D eigenvalue weighted by Crippen LogP contribution is -2.41. The highest BCUT2D eigenvalue weighted by molar-refractivity contribution is 8.93. The van der Waals surface area contributed by atoms with Gasteiger partial charge >= 0.3 is 0 Å². The summed E-state index contributed by atoms with van der Waals surface area (Å²) in [4.78, 5) is 0.411. The summed E-state index contributed by atoms with van der Waals surface area (Å²) >= 11 is 0.982. The number of nitrogens with two attached hydrogens (primary N) is 1. The van der Waals surface area contributed by atoms with Crippen molar-refractivity contribution in [2.45, 2.75) is 44.6 Å². The summed E-state index contributed by atoms with van der Waals surface area (Å²) < 4.78 is 11.3. The molecule has 1 aromatic rings. The van der Waals surface area contributed by atoms with E-state index in [1.807, 2.05) is 13.0 Å². The van der Waals surface area contributed by atoms with E-state index in [0.29, 0.717) is 23.2 Å². The van der Waals surface area contributed by atoms with Crippen molar-refractivity contribution in [1.29, 1.82) is 10.7 Å².